The summed E-state index contributed by atoms with van der Waals surface area (Å²) in [7, 11) is 1.58. The van der Waals surface area contributed by atoms with Gasteiger partial charge in [0.2, 0.25) is 0 Å². The van der Waals surface area contributed by atoms with Crippen LogP contribution in [0.15, 0.2) is 18.2 Å². The number of carbonyl (C=O) groups is 2. The fourth-order valence-corrected chi connectivity index (χ4v) is 3.48. The summed E-state index contributed by atoms with van der Waals surface area (Å²) >= 11 is 6.01. The van der Waals surface area contributed by atoms with Crippen molar-refractivity contribution < 1.29 is 19.4 Å². The van der Waals surface area contributed by atoms with Crippen LogP contribution in [0.3, 0.4) is 0 Å². The second-order valence-corrected chi connectivity index (χ2v) is 6.84. The number of carboxylic acids is 1. The number of aryl methyl sites for hydroxylation is 1. The Morgan fingerprint density at radius 2 is 2.21 bits per heavy atom. The smallest absolute Gasteiger partial charge is 0.354 e. The van der Waals surface area contributed by atoms with E-state index in [1.54, 1.807) is 19.2 Å². The molecule has 0 spiro atoms. The average Bonchev–Trinajstić information content (AvgIpc) is 3.09. The monoisotopic (exact) mass is 407 g/mol. The van der Waals surface area contributed by atoms with Crippen molar-refractivity contribution in [1.82, 2.24) is 20.3 Å². The number of aromatic amines is 1. The van der Waals surface area contributed by atoms with Gasteiger partial charge in [-0.05, 0) is 25.0 Å². The molecule has 2 atom stereocenters. The molecule has 28 heavy (non-hydrogen) atoms. The van der Waals surface area contributed by atoms with Crippen LogP contribution in [0.5, 0.6) is 0 Å². The average molecular weight is 408 g/mol. The molecule has 0 saturated carbocycles. The Morgan fingerprint density at radius 3 is 2.86 bits per heavy atom. The van der Waals surface area contributed by atoms with Gasteiger partial charge in [0.1, 0.15) is 5.82 Å². The zero-order valence-electron chi connectivity index (χ0n) is 15.6. The minimum atomic E-state index is -1.07. The third kappa shape index (κ3) is 4.26. The Hall–Kier alpha value is -2.65. The van der Waals surface area contributed by atoms with Gasteiger partial charge >= 0.3 is 5.97 Å². The van der Waals surface area contributed by atoms with E-state index in [1.165, 1.54) is 6.07 Å². The number of aromatic nitrogens is 3. The van der Waals surface area contributed by atoms with Gasteiger partial charge in [0, 0.05) is 20.2 Å². The Morgan fingerprint density at radius 1 is 1.43 bits per heavy atom. The molecule has 3 rings (SSSR count). The second-order valence-electron chi connectivity index (χ2n) is 6.48. The highest BCUT2D eigenvalue weighted by Gasteiger charge is 2.32. The van der Waals surface area contributed by atoms with Crippen LogP contribution < -0.4 is 10.2 Å². The summed E-state index contributed by atoms with van der Waals surface area (Å²) in [4.78, 5) is 36.8. The standard InChI is InChI=1S/C18H22ClN5O4/c1-3-10-15(19)23-16(21-10)17(25)22-11-7-8-24(9-13(11)28-2)14-6-4-5-12(20-14)18(26)27/h4-6,11,13H,3,7-9H2,1-2H3,(H,21,23)(H,22,25)(H,26,27)/t11-,13+/m1/s1. The van der Waals surface area contributed by atoms with Crippen molar-refractivity contribution in [1.29, 1.82) is 0 Å². The van der Waals surface area contributed by atoms with E-state index in [1.807, 2.05) is 11.8 Å². The number of rotatable bonds is 6. The first-order valence-corrected chi connectivity index (χ1v) is 9.34. The number of carboxylic acid groups (broad SMARTS) is 1. The molecule has 1 aliphatic rings. The van der Waals surface area contributed by atoms with Crippen LogP contribution >= 0.6 is 11.6 Å². The number of anilines is 1. The highest BCUT2D eigenvalue weighted by Crippen LogP contribution is 2.21. The van der Waals surface area contributed by atoms with Gasteiger partial charge in [0.05, 0.1) is 17.8 Å². The van der Waals surface area contributed by atoms with Crippen LogP contribution in [-0.4, -0.2) is 64.3 Å². The number of imidazole rings is 1. The number of hydrogen-bond donors (Lipinski definition) is 3. The van der Waals surface area contributed by atoms with Gasteiger partial charge in [-0.25, -0.2) is 14.8 Å². The molecule has 1 amide bonds. The maximum atomic E-state index is 12.5. The van der Waals surface area contributed by atoms with E-state index < -0.39 is 5.97 Å². The number of nitrogens with zero attached hydrogens (tertiary/aromatic N) is 3. The van der Waals surface area contributed by atoms with E-state index in [2.05, 4.69) is 20.3 Å². The van der Waals surface area contributed by atoms with Gasteiger partial charge in [-0.3, -0.25) is 4.79 Å². The lowest BCUT2D eigenvalue weighted by Crippen LogP contribution is -2.55. The predicted molar refractivity (Wildman–Crippen MR) is 103 cm³/mol. The summed E-state index contributed by atoms with van der Waals surface area (Å²) in [6.07, 6.45) is 0.975. The quantitative estimate of drug-likeness (QED) is 0.666. The van der Waals surface area contributed by atoms with Crippen LogP contribution in [0.1, 0.15) is 40.1 Å². The molecule has 10 heteroatoms. The zero-order valence-corrected chi connectivity index (χ0v) is 16.4. The minimum absolute atomic E-state index is 0.0108. The first-order chi connectivity index (χ1) is 13.4. The van der Waals surface area contributed by atoms with Gasteiger partial charge in [0.15, 0.2) is 16.7 Å². The lowest BCUT2D eigenvalue weighted by atomic mass is 10.0. The van der Waals surface area contributed by atoms with Gasteiger partial charge in [-0.1, -0.05) is 24.6 Å². The molecule has 0 aliphatic carbocycles. The zero-order chi connectivity index (χ0) is 20.3. The maximum absolute atomic E-state index is 12.5. The molecule has 2 aromatic heterocycles. The number of amides is 1. The van der Waals surface area contributed by atoms with E-state index in [-0.39, 0.29) is 29.6 Å². The van der Waals surface area contributed by atoms with Crippen molar-refractivity contribution in [2.45, 2.75) is 31.9 Å². The van der Waals surface area contributed by atoms with Crippen LogP contribution in [0.25, 0.3) is 0 Å². The van der Waals surface area contributed by atoms with Crippen LogP contribution in [0.2, 0.25) is 5.15 Å². The molecule has 2 aromatic rings. The predicted octanol–water partition coefficient (Wildman–Crippen LogP) is 1.74. The number of halogens is 1. The first kappa shape index (κ1) is 20.1. The van der Waals surface area contributed by atoms with Crippen molar-refractivity contribution >= 4 is 29.3 Å². The normalized spacial score (nSPS) is 19.5. The number of H-pyrrole nitrogens is 1. The molecule has 1 fully saturated rings. The Kier molecular flexibility index (Phi) is 6.15. The summed E-state index contributed by atoms with van der Waals surface area (Å²) < 4.78 is 5.56. The number of pyridine rings is 1. The van der Waals surface area contributed by atoms with Gasteiger partial charge in [-0.2, -0.15) is 0 Å². The highest BCUT2D eigenvalue weighted by molar-refractivity contribution is 6.30. The summed E-state index contributed by atoms with van der Waals surface area (Å²) in [5.41, 5.74) is 0.706. The summed E-state index contributed by atoms with van der Waals surface area (Å²) in [6, 6.07) is 4.65. The third-order valence-electron chi connectivity index (χ3n) is 4.75. The number of methoxy groups -OCH3 is 1. The first-order valence-electron chi connectivity index (χ1n) is 8.96. The fourth-order valence-electron chi connectivity index (χ4n) is 3.21. The van der Waals surface area contributed by atoms with Gasteiger partial charge < -0.3 is 25.0 Å². The van der Waals surface area contributed by atoms with E-state index in [0.29, 0.717) is 42.6 Å². The summed E-state index contributed by atoms with van der Waals surface area (Å²) in [6.45, 7) is 2.99. The number of nitrogens with one attached hydrogen (secondary N) is 2. The summed E-state index contributed by atoms with van der Waals surface area (Å²) in [5, 5.41) is 12.4. The van der Waals surface area contributed by atoms with Crippen molar-refractivity contribution in [3.05, 3.63) is 40.6 Å². The van der Waals surface area contributed by atoms with Crippen molar-refractivity contribution in [2.75, 3.05) is 25.1 Å². The Bertz CT molecular complexity index is 871. The maximum Gasteiger partial charge on any atom is 0.354 e. The molecule has 0 aromatic carbocycles. The minimum Gasteiger partial charge on any atom is -0.477 e. The molecule has 3 heterocycles. The largest absolute Gasteiger partial charge is 0.477 e. The molecule has 1 aliphatic heterocycles. The Labute approximate surface area is 167 Å². The molecule has 3 N–H and O–H groups in total. The van der Waals surface area contributed by atoms with Gasteiger partial charge in [-0.15, -0.1) is 0 Å². The molecular formula is C18H22ClN5O4. The SMILES string of the molecule is CCc1[nH]c(C(=O)N[C@@H]2CCN(c3cccc(C(=O)O)n3)C[C@@H]2OC)nc1Cl. The third-order valence-corrected chi connectivity index (χ3v) is 5.07. The molecule has 0 radical (unpaired) electrons. The lowest BCUT2D eigenvalue weighted by Gasteiger charge is -2.38. The van der Waals surface area contributed by atoms with E-state index in [9.17, 15) is 9.59 Å². The number of piperidine rings is 1. The lowest BCUT2D eigenvalue weighted by molar-refractivity contribution is 0.0536. The molecular weight excluding hydrogens is 386 g/mol. The van der Waals surface area contributed by atoms with Gasteiger partial charge in [0.25, 0.3) is 5.91 Å². The molecule has 150 valence electrons. The fraction of sp³-hybridized carbons (Fsp3) is 0.444. The number of aromatic carboxylic acids is 1. The van der Waals surface area contributed by atoms with E-state index in [4.69, 9.17) is 21.4 Å². The molecule has 9 nitrogen and oxygen atoms in total. The van der Waals surface area contributed by atoms with Crippen molar-refractivity contribution in [2.24, 2.45) is 0 Å². The van der Waals surface area contributed by atoms with Crippen molar-refractivity contribution in [3.63, 3.8) is 0 Å². The van der Waals surface area contributed by atoms with Crippen LogP contribution in [-0.2, 0) is 11.2 Å². The molecule has 0 bridgehead atoms. The second kappa shape index (κ2) is 8.57. The van der Waals surface area contributed by atoms with Crippen LogP contribution in [0.4, 0.5) is 5.82 Å². The number of hydrogen-bond acceptors (Lipinski definition) is 6. The van der Waals surface area contributed by atoms with E-state index in [0.717, 1.165) is 0 Å². The van der Waals surface area contributed by atoms with Crippen molar-refractivity contribution in [3.8, 4) is 0 Å². The highest BCUT2D eigenvalue weighted by atomic mass is 35.5. The van der Waals surface area contributed by atoms with E-state index >= 15 is 0 Å². The van der Waals surface area contributed by atoms with Crippen LogP contribution in [0, 0.1) is 0 Å². The summed E-state index contributed by atoms with van der Waals surface area (Å²) in [5.74, 6) is -0.670. The Balaban J connectivity index is 1.68. The topological polar surface area (TPSA) is 120 Å². The molecule has 1 saturated heterocycles. The number of ether oxygens (including phenoxy) is 1. The molecule has 0 unspecified atom stereocenters. The number of carbonyl (C=O) groups excluding carboxylic acids is 1.